The maximum Gasteiger partial charge on any atom is 0.136 e. The summed E-state index contributed by atoms with van der Waals surface area (Å²) < 4.78 is 6.55. The van der Waals surface area contributed by atoms with Crippen LogP contribution >= 0.6 is 15.9 Å². The van der Waals surface area contributed by atoms with Crippen LogP contribution in [-0.4, -0.2) is 13.7 Å². The SMILES string of the molecule is CCc1cc(Br)c(OC)c(C2(CN)CC2)c1. The summed E-state index contributed by atoms with van der Waals surface area (Å²) in [6.45, 7) is 2.88. The summed E-state index contributed by atoms with van der Waals surface area (Å²) in [7, 11) is 1.72. The number of methoxy groups -OCH3 is 1. The maximum atomic E-state index is 5.90. The first-order valence-electron chi connectivity index (χ1n) is 5.74. The minimum atomic E-state index is 0.180. The molecule has 0 spiro atoms. The quantitative estimate of drug-likeness (QED) is 0.922. The summed E-state index contributed by atoms with van der Waals surface area (Å²) >= 11 is 3.58. The van der Waals surface area contributed by atoms with Crippen LogP contribution in [0, 0.1) is 0 Å². The highest BCUT2D eigenvalue weighted by Crippen LogP contribution is 2.52. The van der Waals surface area contributed by atoms with Crippen LogP contribution in [-0.2, 0) is 11.8 Å². The smallest absolute Gasteiger partial charge is 0.136 e. The molecule has 1 aromatic rings. The molecule has 0 amide bonds. The number of ether oxygens (including phenoxy) is 1. The summed E-state index contributed by atoms with van der Waals surface area (Å²) in [5.41, 5.74) is 8.69. The second kappa shape index (κ2) is 4.38. The highest BCUT2D eigenvalue weighted by Gasteiger charge is 2.45. The Morgan fingerprint density at radius 2 is 2.12 bits per heavy atom. The fraction of sp³-hybridized carbons (Fsp3) is 0.538. The summed E-state index contributed by atoms with van der Waals surface area (Å²) in [5, 5.41) is 0. The Balaban J connectivity index is 2.53. The molecule has 0 unspecified atom stereocenters. The van der Waals surface area contributed by atoms with E-state index in [2.05, 4.69) is 35.0 Å². The Kier molecular flexibility index (Phi) is 3.27. The van der Waals surface area contributed by atoms with Crippen molar-refractivity contribution in [1.29, 1.82) is 0 Å². The molecule has 2 rings (SSSR count). The molecule has 1 aliphatic rings. The van der Waals surface area contributed by atoms with Gasteiger partial charge in [0.15, 0.2) is 0 Å². The molecule has 16 heavy (non-hydrogen) atoms. The van der Waals surface area contributed by atoms with Crippen molar-refractivity contribution >= 4 is 15.9 Å². The van der Waals surface area contributed by atoms with E-state index in [9.17, 15) is 0 Å². The van der Waals surface area contributed by atoms with E-state index in [1.165, 1.54) is 24.0 Å². The van der Waals surface area contributed by atoms with Crippen molar-refractivity contribution in [3.8, 4) is 5.75 Å². The van der Waals surface area contributed by atoms with E-state index in [4.69, 9.17) is 10.5 Å². The van der Waals surface area contributed by atoms with Crippen molar-refractivity contribution in [3.63, 3.8) is 0 Å². The summed E-state index contributed by atoms with van der Waals surface area (Å²) in [4.78, 5) is 0. The lowest BCUT2D eigenvalue weighted by molar-refractivity contribution is 0.401. The fourth-order valence-electron chi connectivity index (χ4n) is 2.19. The fourth-order valence-corrected chi connectivity index (χ4v) is 2.86. The van der Waals surface area contributed by atoms with Gasteiger partial charge in [-0.15, -0.1) is 0 Å². The standard InChI is InChI=1S/C13H18BrNO/c1-3-9-6-10(13(8-15)4-5-13)12(16-2)11(14)7-9/h6-7H,3-5,8,15H2,1-2H3. The molecule has 1 fully saturated rings. The molecule has 0 heterocycles. The third kappa shape index (κ3) is 1.87. The van der Waals surface area contributed by atoms with Gasteiger partial charge in [0.25, 0.3) is 0 Å². The van der Waals surface area contributed by atoms with Crippen LogP contribution in [0.25, 0.3) is 0 Å². The normalized spacial score (nSPS) is 17.2. The first-order chi connectivity index (χ1) is 7.66. The van der Waals surface area contributed by atoms with Gasteiger partial charge in [-0.3, -0.25) is 0 Å². The van der Waals surface area contributed by atoms with Crippen LogP contribution in [0.15, 0.2) is 16.6 Å². The van der Waals surface area contributed by atoms with E-state index in [1.54, 1.807) is 7.11 Å². The highest BCUT2D eigenvalue weighted by atomic mass is 79.9. The minimum Gasteiger partial charge on any atom is -0.495 e. The summed E-state index contributed by atoms with van der Waals surface area (Å²) in [5.74, 6) is 0.958. The van der Waals surface area contributed by atoms with Crippen LogP contribution in [0.4, 0.5) is 0 Å². The average Bonchev–Trinajstić information content (AvgIpc) is 3.08. The van der Waals surface area contributed by atoms with E-state index in [0.29, 0.717) is 6.54 Å². The van der Waals surface area contributed by atoms with Gasteiger partial charge in [0, 0.05) is 17.5 Å². The van der Waals surface area contributed by atoms with Crippen molar-refractivity contribution in [2.24, 2.45) is 5.73 Å². The van der Waals surface area contributed by atoms with Crippen LogP contribution in [0.2, 0.25) is 0 Å². The van der Waals surface area contributed by atoms with Gasteiger partial charge in [-0.05, 0) is 46.8 Å². The largest absolute Gasteiger partial charge is 0.495 e. The van der Waals surface area contributed by atoms with Crippen LogP contribution in [0.1, 0.15) is 30.9 Å². The van der Waals surface area contributed by atoms with Gasteiger partial charge in [-0.1, -0.05) is 13.0 Å². The lowest BCUT2D eigenvalue weighted by Crippen LogP contribution is -2.20. The van der Waals surface area contributed by atoms with Gasteiger partial charge in [0.1, 0.15) is 5.75 Å². The number of benzene rings is 1. The third-order valence-electron chi connectivity index (χ3n) is 3.53. The molecule has 2 N–H and O–H groups in total. The number of hydrogen-bond donors (Lipinski definition) is 1. The van der Waals surface area contributed by atoms with Gasteiger partial charge >= 0.3 is 0 Å². The van der Waals surface area contributed by atoms with Crippen LogP contribution in [0.5, 0.6) is 5.75 Å². The predicted molar refractivity (Wildman–Crippen MR) is 70.0 cm³/mol. The van der Waals surface area contributed by atoms with Gasteiger partial charge < -0.3 is 10.5 Å². The molecule has 1 aliphatic carbocycles. The number of halogens is 1. The zero-order valence-electron chi connectivity index (χ0n) is 9.85. The molecule has 2 nitrogen and oxygen atoms in total. The van der Waals surface area contributed by atoms with Crippen molar-refractivity contribution in [2.75, 3.05) is 13.7 Å². The van der Waals surface area contributed by atoms with Crippen molar-refractivity contribution < 1.29 is 4.74 Å². The Hall–Kier alpha value is -0.540. The number of aryl methyl sites for hydroxylation is 1. The number of nitrogens with two attached hydrogens (primary N) is 1. The van der Waals surface area contributed by atoms with E-state index in [1.807, 2.05) is 0 Å². The minimum absolute atomic E-state index is 0.180. The third-order valence-corrected chi connectivity index (χ3v) is 4.12. The monoisotopic (exact) mass is 283 g/mol. The Labute approximate surface area is 105 Å². The van der Waals surface area contributed by atoms with Crippen molar-refractivity contribution in [3.05, 3.63) is 27.7 Å². The summed E-state index contributed by atoms with van der Waals surface area (Å²) in [6.07, 6.45) is 3.40. The second-order valence-corrected chi connectivity index (χ2v) is 5.35. The van der Waals surface area contributed by atoms with Gasteiger partial charge in [-0.25, -0.2) is 0 Å². The maximum absolute atomic E-state index is 5.90. The molecule has 1 aromatic carbocycles. The lowest BCUT2D eigenvalue weighted by Gasteiger charge is -2.19. The molecule has 0 radical (unpaired) electrons. The molecular formula is C13H18BrNO. The molecular weight excluding hydrogens is 266 g/mol. The van der Waals surface area contributed by atoms with Crippen LogP contribution < -0.4 is 10.5 Å². The van der Waals surface area contributed by atoms with Gasteiger partial charge in [-0.2, -0.15) is 0 Å². The predicted octanol–water partition coefficient (Wildman–Crippen LogP) is 3.01. The Morgan fingerprint density at radius 1 is 1.44 bits per heavy atom. The van der Waals surface area contributed by atoms with Crippen LogP contribution in [0.3, 0.4) is 0 Å². The average molecular weight is 284 g/mol. The Bertz CT molecular complexity index is 399. The van der Waals surface area contributed by atoms with Crippen molar-refractivity contribution in [1.82, 2.24) is 0 Å². The Morgan fingerprint density at radius 3 is 2.56 bits per heavy atom. The lowest BCUT2D eigenvalue weighted by atomic mass is 9.93. The van der Waals surface area contributed by atoms with E-state index >= 15 is 0 Å². The number of hydrogen-bond acceptors (Lipinski definition) is 2. The summed E-state index contributed by atoms with van der Waals surface area (Å²) in [6, 6.07) is 4.39. The number of rotatable bonds is 4. The molecule has 0 aromatic heterocycles. The first-order valence-corrected chi connectivity index (χ1v) is 6.53. The molecule has 0 bridgehead atoms. The molecule has 3 heteroatoms. The van der Waals surface area contributed by atoms with E-state index < -0.39 is 0 Å². The zero-order chi connectivity index (χ0) is 11.8. The van der Waals surface area contributed by atoms with E-state index in [0.717, 1.165) is 16.6 Å². The van der Waals surface area contributed by atoms with Gasteiger partial charge in [0.05, 0.1) is 11.6 Å². The molecule has 1 saturated carbocycles. The molecule has 0 saturated heterocycles. The van der Waals surface area contributed by atoms with Crippen molar-refractivity contribution in [2.45, 2.75) is 31.6 Å². The zero-order valence-corrected chi connectivity index (χ0v) is 11.4. The molecule has 0 atom stereocenters. The first kappa shape index (κ1) is 11.9. The molecule has 88 valence electrons. The highest BCUT2D eigenvalue weighted by molar-refractivity contribution is 9.10. The topological polar surface area (TPSA) is 35.2 Å². The van der Waals surface area contributed by atoms with Gasteiger partial charge in [0.2, 0.25) is 0 Å². The second-order valence-electron chi connectivity index (χ2n) is 4.50. The van der Waals surface area contributed by atoms with E-state index in [-0.39, 0.29) is 5.41 Å². The molecule has 0 aliphatic heterocycles.